The first kappa shape index (κ1) is 18.9. The number of nitrogens with zero attached hydrogens (tertiary/aromatic N) is 3. The molecule has 0 fully saturated rings. The topological polar surface area (TPSA) is 64.4 Å². The normalized spacial score (nSPS) is 15.8. The second-order valence-electron chi connectivity index (χ2n) is 7.25. The van der Waals surface area contributed by atoms with E-state index < -0.39 is 6.10 Å². The van der Waals surface area contributed by atoms with Gasteiger partial charge in [0.15, 0.2) is 6.10 Å². The molecule has 0 radical (unpaired) electrons. The van der Waals surface area contributed by atoms with E-state index in [-0.39, 0.29) is 11.8 Å². The van der Waals surface area contributed by atoms with Gasteiger partial charge in [-0.3, -0.25) is 9.59 Å². The highest BCUT2D eigenvalue weighted by molar-refractivity contribution is 6.03. The van der Waals surface area contributed by atoms with Gasteiger partial charge in [0.1, 0.15) is 5.75 Å². The number of hydrogen-bond donors (Lipinski definition) is 0. The van der Waals surface area contributed by atoms with Gasteiger partial charge >= 0.3 is 0 Å². The summed E-state index contributed by atoms with van der Waals surface area (Å²) >= 11 is 0. The molecule has 1 aliphatic rings. The maximum Gasteiger partial charge on any atom is 0.278 e. The van der Waals surface area contributed by atoms with Crippen LogP contribution in [0.4, 0.5) is 5.69 Å². The Kier molecular flexibility index (Phi) is 4.92. The van der Waals surface area contributed by atoms with Crippen molar-refractivity contribution >= 4 is 17.5 Å². The van der Waals surface area contributed by atoms with E-state index in [4.69, 9.17) is 4.74 Å². The molecular weight excluding hydrogens is 366 g/mol. The van der Waals surface area contributed by atoms with Crippen molar-refractivity contribution in [3.05, 3.63) is 77.1 Å². The summed E-state index contributed by atoms with van der Waals surface area (Å²) in [5, 5.41) is 4.28. The molecule has 1 aliphatic heterocycles. The lowest BCUT2D eigenvalue weighted by molar-refractivity contribution is -0.126. The van der Waals surface area contributed by atoms with Crippen molar-refractivity contribution in [2.24, 2.45) is 0 Å². The van der Waals surface area contributed by atoms with Crippen LogP contribution in [-0.4, -0.2) is 27.7 Å². The molecule has 2 aromatic carbocycles. The Morgan fingerprint density at radius 2 is 1.86 bits per heavy atom. The van der Waals surface area contributed by atoms with E-state index in [1.807, 2.05) is 57.2 Å². The number of rotatable bonds is 4. The first-order valence-electron chi connectivity index (χ1n) is 9.72. The minimum Gasteiger partial charge on any atom is -0.478 e. The van der Waals surface area contributed by atoms with Gasteiger partial charge in [-0.25, -0.2) is 4.68 Å². The summed E-state index contributed by atoms with van der Waals surface area (Å²) in [6.07, 6.45) is 0.0551. The van der Waals surface area contributed by atoms with E-state index in [0.29, 0.717) is 30.0 Å². The Morgan fingerprint density at radius 1 is 1.10 bits per heavy atom. The molecule has 2 heterocycles. The largest absolute Gasteiger partial charge is 0.478 e. The molecule has 1 aromatic heterocycles. The minimum absolute atomic E-state index is 0.0976. The number of anilines is 1. The Balaban J connectivity index is 1.75. The number of fused-ring (bicyclic) bond motifs is 1. The van der Waals surface area contributed by atoms with Gasteiger partial charge in [0.25, 0.3) is 11.8 Å². The molecule has 4 rings (SSSR count). The van der Waals surface area contributed by atoms with Crippen LogP contribution in [0.15, 0.2) is 54.6 Å². The van der Waals surface area contributed by atoms with Crippen LogP contribution in [0.3, 0.4) is 0 Å². The molecule has 0 N–H and O–H groups in total. The molecule has 148 valence electrons. The second-order valence-corrected chi connectivity index (χ2v) is 7.25. The van der Waals surface area contributed by atoms with Crippen molar-refractivity contribution in [2.45, 2.75) is 39.8 Å². The van der Waals surface area contributed by atoms with E-state index >= 15 is 0 Å². The monoisotopic (exact) mass is 389 g/mol. The van der Waals surface area contributed by atoms with Crippen LogP contribution >= 0.6 is 0 Å². The summed E-state index contributed by atoms with van der Waals surface area (Å²) in [7, 11) is 0. The van der Waals surface area contributed by atoms with Crippen LogP contribution in [0.5, 0.6) is 5.75 Å². The summed E-state index contributed by atoms with van der Waals surface area (Å²) in [5.41, 5.74) is 3.63. The quantitative estimate of drug-likeness (QED) is 0.679. The van der Waals surface area contributed by atoms with Crippen LogP contribution in [0.25, 0.3) is 0 Å². The van der Waals surface area contributed by atoms with Crippen LogP contribution in [-0.2, 0) is 11.3 Å². The second kappa shape index (κ2) is 7.54. The first-order valence-corrected chi connectivity index (χ1v) is 9.72. The third-order valence-corrected chi connectivity index (χ3v) is 5.06. The highest BCUT2D eigenvalue weighted by Crippen LogP contribution is 2.36. The molecule has 0 spiro atoms. The maximum atomic E-state index is 13.0. The molecule has 0 aliphatic carbocycles. The number of carbonyl (C=O) groups is 2. The van der Waals surface area contributed by atoms with Crippen molar-refractivity contribution < 1.29 is 14.3 Å². The van der Waals surface area contributed by atoms with Crippen molar-refractivity contribution in [1.29, 1.82) is 0 Å². The van der Waals surface area contributed by atoms with Crippen LogP contribution in [0, 0.1) is 13.8 Å². The summed E-state index contributed by atoms with van der Waals surface area (Å²) < 4.78 is 7.29. The number of carbonyl (C=O) groups excluding carboxylic acids is 2. The minimum atomic E-state index is -0.524. The maximum absolute atomic E-state index is 13.0. The van der Waals surface area contributed by atoms with Crippen molar-refractivity contribution in [3.63, 3.8) is 0 Å². The van der Waals surface area contributed by atoms with Gasteiger partial charge in [0.2, 0.25) is 0 Å². The smallest absolute Gasteiger partial charge is 0.278 e. The molecule has 6 nitrogen and oxygen atoms in total. The van der Waals surface area contributed by atoms with Gasteiger partial charge in [-0.15, -0.1) is 0 Å². The van der Waals surface area contributed by atoms with E-state index in [2.05, 4.69) is 5.10 Å². The molecule has 6 heteroatoms. The molecule has 3 aromatic rings. The van der Waals surface area contributed by atoms with Crippen molar-refractivity contribution in [1.82, 2.24) is 9.78 Å². The van der Waals surface area contributed by atoms with Gasteiger partial charge in [0.05, 0.1) is 17.9 Å². The van der Waals surface area contributed by atoms with E-state index in [9.17, 15) is 9.59 Å². The zero-order valence-electron chi connectivity index (χ0n) is 16.8. The standard InChI is InChI=1S/C23H23N3O3/c1-4-20-23(28)25(14-17-8-6-5-7-9-17)19-13-18(10-11-21(19)29-20)22(27)26-16(3)12-15(2)24-26/h5-13,20H,4,14H2,1-3H3/t20-/m0/s1. The Hall–Kier alpha value is -3.41. The molecule has 0 bridgehead atoms. The summed E-state index contributed by atoms with van der Waals surface area (Å²) in [6, 6.07) is 16.9. The lowest BCUT2D eigenvalue weighted by Crippen LogP contribution is -2.45. The number of amides is 1. The molecule has 0 saturated heterocycles. The van der Waals surface area contributed by atoms with Crippen molar-refractivity contribution in [2.75, 3.05) is 4.90 Å². The zero-order valence-corrected chi connectivity index (χ0v) is 16.8. The van der Waals surface area contributed by atoms with Gasteiger partial charge < -0.3 is 9.64 Å². The highest BCUT2D eigenvalue weighted by atomic mass is 16.5. The average Bonchev–Trinajstić information content (AvgIpc) is 3.07. The fourth-order valence-electron chi connectivity index (χ4n) is 3.60. The van der Waals surface area contributed by atoms with Gasteiger partial charge in [-0.05, 0) is 50.1 Å². The van der Waals surface area contributed by atoms with Crippen LogP contribution in [0.1, 0.15) is 40.7 Å². The van der Waals surface area contributed by atoms with E-state index in [1.54, 1.807) is 23.1 Å². The molecule has 0 saturated carbocycles. The summed E-state index contributed by atoms with van der Waals surface area (Å²) in [5.74, 6) is 0.278. The Bertz CT molecular complexity index is 1070. The Morgan fingerprint density at radius 3 is 2.52 bits per heavy atom. The van der Waals surface area contributed by atoms with Crippen LogP contribution in [0.2, 0.25) is 0 Å². The Labute approximate surface area is 169 Å². The van der Waals surface area contributed by atoms with Gasteiger partial charge in [-0.1, -0.05) is 37.3 Å². The molecular formula is C23H23N3O3. The van der Waals surface area contributed by atoms with E-state index in [1.165, 1.54) is 4.68 Å². The fourth-order valence-corrected chi connectivity index (χ4v) is 3.60. The summed E-state index contributed by atoms with van der Waals surface area (Å²) in [6.45, 7) is 6.04. The van der Waals surface area contributed by atoms with Crippen LogP contribution < -0.4 is 9.64 Å². The number of aryl methyl sites for hydroxylation is 2. The van der Waals surface area contributed by atoms with Gasteiger partial charge in [-0.2, -0.15) is 5.10 Å². The third-order valence-electron chi connectivity index (χ3n) is 5.06. The first-order chi connectivity index (χ1) is 14.0. The number of aromatic nitrogens is 2. The SMILES string of the molecule is CC[C@@H]1Oc2ccc(C(=O)n3nc(C)cc3C)cc2N(Cc2ccccc2)C1=O. The zero-order chi connectivity index (χ0) is 20.5. The molecule has 1 atom stereocenters. The molecule has 0 unspecified atom stereocenters. The number of ether oxygens (including phenoxy) is 1. The highest BCUT2D eigenvalue weighted by Gasteiger charge is 2.34. The predicted octanol–water partition coefficient (Wildman–Crippen LogP) is 3.89. The third kappa shape index (κ3) is 3.53. The average molecular weight is 389 g/mol. The fraction of sp³-hybridized carbons (Fsp3) is 0.261. The van der Waals surface area contributed by atoms with Crippen molar-refractivity contribution in [3.8, 4) is 5.75 Å². The molecule has 1 amide bonds. The number of benzene rings is 2. The lowest BCUT2D eigenvalue weighted by atomic mass is 10.1. The lowest BCUT2D eigenvalue weighted by Gasteiger charge is -2.34. The van der Waals surface area contributed by atoms with Gasteiger partial charge in [0, 0.05) is 11.3 Å². The molecule has 29 heavy (non-hydrogen) atoms. The predicted molar refractivity (Wildman–Crippen MR) is 110 cm³/mol. The van der Waals surface area contributed by atoms with E-state index in [0.717, 1.165) is 17.0 Å². The summed E-state index contributed by atoms with van der Waals surface area (Å²) in [4.78, 5) is 27.7. The number of hydrogen-bond acceptors (Lipinski definition) is 4.